The van der Waals surface area contributed by atoms with Gasteiger partial charge in [-0.25, -0.2) is 13.6 Å². The van der Waals surface area contributed by atoms with Crippen LogP contribution in [0.5, 0.6) is 0 Å². The van der Waals surface area contributed by atoms with Crippen molar-refractivity contribution < 1.29 is 18.3 Å². The van der Waals surface area contributed by atoms with Crippen molar-refractivity contribution in [3.05, 3.63) is 63.6 Å². The number of hydrogen-bond acceptors (Lipinski definition) is 7. The number of thioether (sulfide) groups is 1. The molecule has 2 aliphatic rings. The van der Waals surface area contributed by atoms with Gasteiger partial charge in [0.05, 0.1) is 29.8 Å². The van der Waals surface area contributed by atoms with E-state index in [0.29, 0.717) is 60.3 Å². The van der Waals surface area contributed by atoms with E-state index in [9.17, 15) is 14.0 Å². The summed E-state index contributed by atoms with van der Waals surface area (Å²) in [5, 5.41) is 0.566. The second kappa shape index (κ2) is 12.1. The van der Waals surface area contributed by atoms with Crippen molar-refractivity contribution in [1.82, 2.24) is 19.4 Å². The number of rotatable bonds is 7. The summed E-state index contributed by atoms with van der Waals surface area (Å²) in [4.78, 5) is 36.7. The molecule has 3 heterocycles. The molecular weight excluding hydrogens is 572 g/mol. The Bertz CT molecular complexity index is 1570. The van der Waals surface area contributed by atoms with Crippen LogP contribution >= 0.6 is 23.4 Å². The molecule has 12 heteroatoms. The van der Waals surface area contributed by atoms with Crippen molar-refractivity contribution in [2.75, 3.05) is 64.1 Å². The van der Waals surface area contributed by atoms with Crippen LogP contribution in [-0.2, 0) is 16.1 Å². The van der Waals surface area contributed by atoms with Gasteiger partial charge in [-0.2, -0.15) is 4.98 Å². The highest BCUT2D eigenvalue weighted by Crippen LogP contribution is 2.45. The zero-order valence-electron chi connectivity index (χ0n) is 23.3. The maximum atomic E-state index is 15.3. The summed E-state index contributed by atoms with van der Waals surface area (Å²) < 4.78 is 37.1. The van der Waals surface area contributed by atoms with E-state index in [1.165, 1.54) is 23.9 Å². The van der Waals surface area contributed by atoms with Gasteiger partial charge >= 0.3 is 5.69 Å². The maximum absolute atomic E-state index is 15.3. The van der Waals surface area contributed by atoms with Crippen molar-refractivity contribution in [3.8, 4) is 11.1 Å². The summed E-state index contributed by atoms with van der Waals surface area (Å²) in [6, 6.07) is 3.99. The molecule has 0 aliphatic carbocycles. The van der Waals surface area contributed by atoms with Gasteiger partial charge in [0.2, 0.25) is 5.91 Å². The molecule has 218 valence electrons. The Morgan fingerprint density at radius 2 is 1.95 bits per heavy atom. The standard InChI is InChI=1S/C29H32ClF2N5O3S/c1-5-24(38)35-6-8-36(9-7-35)28-20-12-17(2)25(19-13-21(30)23(32)14-22(19)31)27-26(20)37(29(39)33-28)15-18(16-41-27)40-11-10-34(3)4/h5,12-14,18H,1,6-11,15-16H2,2-4H3. The third kappa shape index (κ3) is 5.86. The molecule has 0 saturated carbocycles. The molecule has 1 amide bonds. The van der Waals surface area contributed by atoms with E-state index in [1.807, 2.05) is 36.9 Å². The minimum absolute atomic E-state index is 0.136. The molecule has 3 aromatic rings. The van der Waals surface area contributed by atoms with E-state index in [0.717, 1.165) is 23.6 Å². The molecule has 0 N–H and O–H groups in total. The van der Waals surface area contributed by atoms with Crippen LogP contribution in [-0.4, -0.2) is 90.5 Å². The number of nitrogens with zero attached hydrogens (tertiary/aromatic N) is 5. The molecule has 2 aromatic carbocycles. The maximum Gasteiger partial charge on any atom is 0.350 e. The van der Waals surface area contributed by atoms with E-state index in [2.05, 4.69) is 11.6 Å². The van der Waals surface area contributed by atoms with Crippen molar-refractivity contribution >= 4 is 46.0 Å². The lowest BCUT2D eigenvalue weighted by Crippen LogP contribution is -2.49. The Kier molecular flexibility index (Phi) is 8.70. The number of aryl methyl sites for hydroxylation is 1. The van der Waals surface area contributed by atoms with E-state index >= 15 is 4.39 Å². The fourth-order valence-electron chi connectivity index (χ4n) is 5.33. The van der Waals surface area contributed by atoms with Gasteiger partial charge < -0.3 is 19.4 Å². The van der Waals surface area contributed by atoms with Gasteiger partial charge in [0.1, 0.15) is 17.5 Å². The summed E-state index contributed by atoms with van der Waals surface area (Å²) in [6.45, 7) is 8.85. The molecule has 5 rings (SSSR count). The van der Waals surface area contributed by atoms with E-state index < -0.39 is 17.3 Å². The van der Waals surface area contributed by atoms with E-state index in [-0.39, 0.29) is 29.1 Å². The summed E-state index contributed by atoms with van der Waals surface area (Å²) >= 11 is 7.59. The Labute approximate surface area is 246 Å². The van der Waals surface area contributed by atoms with Gasteiger partial charge in [-0.15, -0.1) is 11.8 Å². The highest BCUT2D eigenvalue weighted by Gasteiger charge is 2.30. The Morgan fingerprint density at radius 3 is 2.63 bits per heavy atom. The summed E-state index contributed by atoms with van der Waals surface area (Å²) in [6.07, 6.45) is 1.01. The number of carbonyl (C=O) groups excluding carboxylic acids is 1. The average molecular weight is 604 g/mol. The molecule has 0 bridgehead atoms. The van der Waals surface area contributed by atoms with Crippen LogP contribution in [0, 0.1) is 18.6 Å². The molecule has 1 saturated heterocycles. The SMILES string of the molecule is C=CC(=O)N1CCN(c2nc(=O)n3c4c(c(-c5cc(Cl)c(F)cc5F)c(C)cc24)SCC(OCCN(C)C)C3)CC1. The number of piperazine rings is 1. The molecule has 8 nitrogen and oxygen atoms in total. The van der Waals surface area contributed by atoms with Crippen LogP contribution in [0.4, 0.5) is 14.6 Å². The van der Waals surface area contributed by atoms with Crippen LogP contribution in [0.3, 0.4) is 0 Å². The minimum atomic E-state index is -0.836. The largest absolute Gasteiger partial charge is 0.374 e. The highest BCUT2D eigenvalue weighted by molar-refractivity contribution is 7.99. The number of carbonyl (C=O) groups is 1. The molecule has 1 aromatic heterocycles. The van der Waals surface area contributed by atoms with Crippen molar-refractivity contribution in [1.29, 1.82) is 0 Å². The number of amides is 1. The normalized spacial score (nSPS) is 17.3. The first-order valence-electron chi connectivity index (χ1n) is 13.4. The number of aromatic nitrogens is 2. The molecule has 41 heavy (non-hydrogen) atoms. The lowest BCUT2D eigenvalue weighted by atomic mass is 9.97. The Balaban J connectivity index is 1.67. The van der Waals surface area contributed by atoms with Gasteiger partial charge in [-0.1, -0.05) is 18.2 Å². The molecular formula is C29H32ClF2N5O3S. The second-order valence-corrected chi connectivity index (χ2v) is 11.9. The molecule has 1 unspecified atom stereocenters. The summed E-state index contributed by atoms with van der Waals surface area (Å²) in [7, 11) is 3.92. The average Bonchev–Trinajstić information content (AvgIpc) is 3.13. The minimum Gasteiger partial charge on any atom is -0.374 e. The predicted octanol–water partition coefficient (Wildman–Crippen LogP) is 4.19. The van der Waals surface area contributed by atoms with Crippen LogP contribution in [0.1, 0.15) is 5.56 Å². The Morgan fingerprint density at radius 1 is 1.22 bits per heavy atom. The number of benzene rings is 2. The van der Waals surface area contributed by atoms with Crippen LogP contribution in [0.2, 0.25) is 5.02 Å². The predicted molar refractivity (Wildman–Crippen MR) is 159 cm³/mol. The van der Waals surface area contributed by atoms with Gasteiger partial charge in [0.15, 0.2) is 0 Å². The van der Waals surface area contributed by atoms with Crippen LogP contribution in [0.15, 0.2) is 40.5 Å². The van der Waals surface area contributed by atoms with Gasteiger partial charge in [-0.3, -0.25) is 9.36 Å². The first-order valence-corrected chi connectivity index (χ1v) is 14.7. The lowest BCUT2D eigenvalue weighted by molar-refractivity contribution is -0.126. The number of anilines is 1. The molecule has 0 spiro atoms. The quantitative estimate of drug-likeness (QED) is 0.296. The molecule has 1 fully saturated rings. The smallest absolute Gasteiger partial charge is 0.350 e. The van der Waals surface area contributed by atoms with Crippen LogP contribution in [0.25, 0.3) is 22.0 Å². The van der Waals surface area contributed by atoms with Crippen molar-refractivity contribution in [2.45, 2.75) is 24.5 Å². The third-order valence-electron chi connectivity index (χ3n) is 7.43. The third-order valence-corrected chi connectivity index (χ3v) is 8.95. The first kappa shape index (κ1) is 29.5. The van der Waals surface area contributed by atoms with Gasteiger partial charge in [0, 0.05) is 66.0 Å². The van der Waals surface area contributed by atoms with Gasteiger partial charge in [-0.05, 0) is 44.8 Å². The zero-order valence-corrected chi connectivity index (χ0v) is 24.8. The number of halogens is 3. The second-order valence-electron chi connectivity index (χ2n) is 10.5. The summed E-state index contributed by atoms with van der Waals surface area (Å²) in [5.74, 6) is -0.665. The first-order chi connectivity index (χ1) is 19.6. The molecule has 1 atom stereocenters. The lowest BCUT2D eigenvalue weighted by Gasteiger charge is -2.35. The van der Waals surface area contributed by atoms with Crippen molar-refractivity contribution in [2.24, 2.45) is 0 Å². The van der Waals surface area contributed by atoms with Crippen LogP contribution < -0.4 is 10.6 Å². The monoisotopic (exact) mass is 603 g/mol. The van der Waals surface area contributed by atoms with E-state index in [1.54, 1.807) is 9.47 Å². The fourth-order valence-corrected chi connectivity index (χ4v) is 6.82. The fraction of sp³-hybridized carbons (Fsp3) is 0.414. The zero-order chi connectivity index (χ0) is 29.4. The highest BCUT2D eigenvalue weighted by atomic mass is 35.5. The topological polar surface area (TPSA) is 70.9 Å². The number of likely N-dealkylation sites (N-methyl/N-ethyl adjacent to an activating group) is 1. The number of hydrogen-bond donors (Lipinski definition) is 0. The van der Waals surface area contributed by atoms with E-state index in [4.69, 9.17) is 16.3 Å². The molecule has 2 aliphatic heterocycles. The Hall–Kier alpha value is -2.99. The van der Waals surface area contributed by atoms with Gasteiger partial charge in [0.25, 0.3) is 0 Å². The number of ether oxygens (including phenoxy) is 1. The van der Waals surface area contributed by atoms with Crippen molar-refractivity contribution in [3.63, 3.8) is 0 Å². The summed E-state index contributed by atoms with van der Waals surface area (Å²) in [5.41, 5.74) is 1.66. The molecule has 0 radical (unpaired) electrons.